The molecule has 0 aliphatic rings. The number of nitrogens with two attached hydrogens (primary N) is 2. The molecule has 13 heteroatoms. The van der Waals surface area contributed by atoms with Gasteiger partial charge in [-0.1, -0.05) is 24.3 Å². The molecule has 13 nitrogen and oxygen atoms in total. The minimum absolute atomic E-state index is 0.00108. The van der Waals surface area contributed by atoms with E-state index in [-0.39, 0.29) is 30.8 Å². The van der Waals surface area contributed by atoms with Gasteiger partial charge in [-0.3, -0.25) is 14.4 Å². The number of aliphatic hydroxyl groups excluding tert-OH is 1. The summed E-state index contributed by atoms with van der Waals surface area (Å²) in [7, 11) is 0. The number of rotatable bonds is 16. The number of amides is 3. The van der Waals surface area contributed by atoms with Crippen LogP contribution in [0.1, 0.15) is 30.4 Å². The molecular weight excluding hydrogens is 522 g/mol. The van der Waals surface area contributed by atoms with Gasteiger partial charge in [-0.2, -0.15) is 0 Å². The molecule has 0 bridgehead atoms. The molecule has 218 valence electrons. The first-order valence-corrected chi connectivity index (χ1v) is 12.8. The Balaban J connectivity index is 2.31. The van der Waals surface area contributed by atoms with Crippen molar-refractivity contribution >= 4 is 23.7 Å². The zero-order chi connectivity index (χ0) is 29.7. The van der Waals surface area contributed by atoms with Crippen LogP contribution in [-0.2, 0) is 32.0 Å². The number of carbonyl (C=O) groups excluding carboxylic acids is 3. The molecule has 0 radical (unpaired) electrons. The van der Waals surface area contributed by atoms with Crippen LogP contribution < -0.4 is 27.4 Å². The van der Waals surface area contributed by atoms with Crippen molar-refractivity contribution in [3.05, 3.63) is 59.7 Å². The largest absolute Gasteiger partial charge is 0.508 e. The quantitative estimate of drug-likeness (QED) is 0.112. The summed E-state index contributed by atoms with van der Waals surface area (Å²) in [5.41, 5.74) is 12.2. The summed E-state index contributed by atoms with van der Waals surface area (Å²) in [5.74, 6) is -3.57. The lowest BCUT2D eigenvalue weighted by atomic mass is 10.0. The minimum Gasteiger partial charge on any atom is -0.508 e. The first-order valence-electron chi connectivity index (χ1n) is 12.8. The van der Waals surface area contributed by atoms with Crippen molar-refractivity contribution in [2.24, 2.45) is 11.5 Å². The Labute approximate surface area is 231 Å². The molecule has 40 heavy (non-hydrogen) atoms. The molecule has 0 fully saturated rings. The second kappa shape index (κ2) is 16.0. The van der Waals surface area contributed by atoms with Gasteiger partial charge < -0.3 is 47.8 Å². The maximum atomic E-state index is 13.4. The van der Waals surface area contributed by atoms with Crippen molar-refractivity contribution in [2.75, 3.05) is 13.2 Å². The van der Waals surface area contributed by atoms with Crippen molar-refractivity contribution in [1.82, 2.24) is 16.0 Å². The van der Waals surface area contributed by atoms with Crippen LogP contribution in [-0.4, -0.2) is 81.4 Å². The van der Waals surface area contributed by atoms with Crippen LogP contribution in [0.5, 0.6) is 11.5 Å². The third-order valence-corrected chi connectivity index (χ3v) is 6.11. The van der Waals surface area contributed by atoms with Crippen molar-refractivity contribution in [1.29, 1.82) is 0 Å². The lowest BCUT2D eigenvalue weighted by Crippen LogP contribution is -2.58. The van der Waals surface area contributed by atoms with Crippen LogP contribution >= 0.6 is 0 Å². The molecule has 0 saturated carbocycles. The Bertz CT molecular complexity index is 1130. The van der Waals surface area contributed by atoms with Crippen molar-refractivity contribution in [2.45, 2.75) is 56.3 Å². The standard InChI is InChI=1S/C27H37N5O8/c28-12-2-1-3-21(27(39)40)30-25(37)23(14-17-6-10-19(35)11-7-17)32-26(38)22(31-24(36)20(29)15-33)13-16-4-8-18(34)9-5-16/h4-11,20-23,33-35H,1-3,12-15,28-29H2,(H,30,37)(H,31,36)(H,32,38)(H,39,40). The van der Waals surface area contributed by atoms with Crippen LogP contribution in [0.4, 0.5) is 0 Å². The Kier molecular flexibility index (Phi) is 12.8. The lowest BCUT2D eigenvalue weighted by Gasteiger charge is -2.25. The number of hydrogen-bond donors (Lipinski definition) is 9. The monoisotopic (exact) mass is 559 g/mol. The normalized spacial score (nSPS) is 13.9. The minimum atomic E-state index is -1.30. The molecular formula is C27H37N5O8. The number of phenols is 2. The SMILES string of the molecule is NCCCCC(NC(=O)C(Cc1ccc(O)cc1)NC(=O)C(Cc1ccc(O)cc1)NC(=O)C(N)CO)C(=O)O. The number of phenolic OH excluding ortho intramolecular Hbond substituents is 2. The number of aliphatic carboxylic acids is 1. The van der Waals surface area contributed by atoms with E-state index in [2.05, 4.69) is 16.0 Å². The van der Waals surface area contributed by atoms with Crippen LogP contribution in [0, 0.1) is 0 Å². The van der Waals surface area contributed by atoms with Gasteiger partial charge in [0.05, 0.1) is 6.61 Å². The summed E-state index contributed by atoms with van der Waals surface area (Å²) in [6.45, 7) is -0.292. The molecule has 2 rings (SSSR count). The predicted octanol–water partition coefficient (Wildman–Crippen LogP) is -1.13. The van der Waals surface area contributed by atoms with Crippen LogP contribution in [0.3, 0.4) is 0 Å². The predicted molar refractivity (Wildman–Crippen MR) is 145 cm³/mol. The summed E-state index contributed by atoms with van der Waals surface area (Å²) in [4.78, 5) is 50.9. The van der Waals surface area contributed by atoms with E-state index in [0.717, 1.165) is 0 Å². The van der Waals surface area contributed by atoms with Crippen molar-refractivity contribution in [3.8, 4) is 11.5 Å². The number of carboxylic acid groups (broad SMARTS) is 1. The summed E-state index contributed by atoms with van der Waals surface area (Å²) < 4.78 is 0. The van der Waals surface area contributed by atoms with Crippen molar-refractivity contribution in [3.63, 3.8) is 0 Å². The van der Waals surface area contributed by atoms with Gasteiger partial charge in [0.15, 0.2) is 0 Å². The fourth-order valence-electron chi connectivity index (χ4n) is 3.81. The topological polar surface area (TPSA) is 237 Å². The molecule has 11 N–H and O–H groups in total. The number of benzene rings is 2. The molecule has 0 aliphatic carbocycles. The number of hydrogen-bond acceptors (Lipinski definition) is 9. The van der Waals surface area contributed by atoms with Crippen LogP contribution in [0.2, 0.25) is 0 Å². The number of unbranched alkanes of at least 4 members (excludes halogenated alkanes) is 1. The summed E-state index contributed by atoms with van der Waals surface area (Å²) >= 11 is 0. The van der Waals surface area contributed by atoms with E-state index >= 15 is 0 Å². The molecule has 0 spiro atoms. The van der Waals surface area contributed by atoms with Gasteiger partial charge in [0.1, 0.15) is 35.7 Å². The van der Waals surface area contributed by atoms with E-state index in [1.54, 1.807) is 24.3 Å². The molecule has 0 aliphatic heterocycles. The van der Waals surface area contributed by atoms with Gasteiger partial charge in [-0.25, -0.2) is 4.79 Å². The van der Waals surface area contributed by atoms with Gasteiger partial charge in [-0.05, 0) is 61.2 Å². The van der Waals surface area contributed by atoms with Gasteiger partial charge in [0, 0.05) is 12.8 Å². The average Bonchev–Trinajstić information content (AvgIpc) is 2.93. The second-order valence-corrected chi connectivity index (χ2v) is 9.34. The highest BCUT2D eigenvalue weighted by atomic mass is 16.4. The molecule has 0 aromatic heterocycles. The molecule has 0 heterocycles. The third-order valence-electron chi connectivity index (χ3n) is 6.11. The molecule has 2 aromatic rings. The molecule has 2 aromatic carbocycles. The van der Waals surface area contributed by atoms with E-state index in [1.807, 2.05) is 0 Å². The van der Waals surface area contributed by atoms with Crippen LogP contribution in [0.15, 0.2) is 48.5 Å². The number of nitrogens with one attached hydrogen (secondary N) is 3. The summed E-state index contributed by atoms with van der Waals surface area (Å²) in [5, 5.41) is 45.5. The summed E-state index contributed by atoms with van der Waals surface area (Å²) in [6.07, 6.45) is 1.08. The fourth-order valence-corrected chi connectivity index (χ4v) is 3.81. The first-order chi connectivity index (χ1) is 19.0. The number of carboxylic acids is 1. The molecule has 0 saturated heterocycles. The third kappa shape index (κ3) is 10.5. The van der Waals surface area contributed by atoms with E-state index in [4.69, 9.17) is 11.5 Å². The van der Waals surface area contributed by atoms with Gasteiger partial charge in [0.2, 0.25) is 17.7 Å². The number of aromatic hydroxyl groups is 2. The Morgan fingerprint density at radius 2 is 1.12 bits per heavy atom. The maximum Gasteiger partial charge on any atom is 0.326 e. The highest BCUT2D eigenvalue weighted by molar-refractivity contribution is 5.94. The summed E-state index contributed by atoms with van der Waals surface area (Å²) in [6, 6.07) is 6.83. The average molecular weight is 560 g/mol. The smallest absolute Gasteiger partial charge is 0.326 e. The maximum absolute atomic E-state index is 13.4. The van der Waals surface area contributed by atoms with E-state index in [1.165, 1.54) is 24.3 Å². The van der Waals surface area contributed by atoms with Gasteiger partial charge >= 0.3 is 5.97 Å². The zero-order valence-electron chi connectivity index (χ0n) is 22.0. The Morgan fingerprint density at radius 3 is 1.52 bits per heavy atom. The van der Waals surface area contributed by atoms with E-state index < -0.39 is 54.5 Å². The van der Waals surface area contributed by atoms with Crippen LogP contribution in [0.25, 0.3) is 0 Å². The highest BCUT2D eigenvalue weighted by Gasteiger charge is 2.30. The lowest BCUT2D eigenvalue weighted by molar-refractivity contribution is -0.142. The van der Waals surface area contributed by atoms with E-state index in [0.29, 0.717) is 30.5 Å². The zero-order valence-corrected chi connectivity index (χ0v) is 22.0. The van der Waals surface area contributed by atoms with Crippen molar-refractivity contribution < 1.29 is 39.6 Å². The molecule has 3 amide bonds. The first kappa shape index (κ1) is 32.0. The number of aliphatic hydroxyl groups is 1. The molecule has 4 atom stereocenters. The highest BCUT2D eigenvalue weighted by Crippen LogP contribution is 2.14. The van der Waals surface area contributed by atoms with Gasteiger partial charge in [0.25, 0.3) is 0 Å². The van der Waals surface area contributed by atoms with Gasteiger partial charge in [-0.15, -0.1) is 0 Å². The second-order valence-electron chi connectivity index (χ2n) is 9.34. The fraction of sp³-hybridized carbons (Fsp3) is 0.407. The molecule has 4 unspecified atom stereocenters. The Hall–Kier alpha value is -4.20. The Morgan fingerprint density at radius 1 is 0.700 bits per heavy atom. The van der Waals surface area contributed by atoms with E-state index in [9.17, 15) is 39.6 Å². The number of carbonyl (C=O) groups is 4.